The second-order valence-electron chi connectivity index (χ2n) is 5.04. The Bertz CT molecular complexity index is 515. The Morgan fingerprint density at radius 3 is 2.63 bits per heavy atom. The third-order valence-corrected chi connectivity index (χ3v) is 3.14. The lowest BCUT2D eigenvalue weighted by Crippen LogP contribution is -2.29. The Morgan fingerprint density at radius 2 is 2.11 bits per heavy atom. The smallest absolute Gasteiger partial charge is 0.0644 e. The molecule has 0 radical (unpaired) electrons. The lowest BCUT2D eigenvalue weighted by atomic mass is 10.0. The molecule has 1 unspecified atom stereocenters. The minimum Gasteiger partial charge on any atom is -0.271 e. The average molecular weight is 259 g/mol. The molecule has 0 aromatic carbocycles. The predicted octanol–water partition coefficient (Wildman–Crippen LogP) is 1.91. The summed E-state index contributed by atoms with van der Waals surface area (Å²) in [6.45, 7) is 6.19. The number of hydrazine groups is 1. The van der Waals surface area contributed by atoms with Crippen LogP contribution in [-0.4, -0.2) is 14.8 Å². The Hall–Kier alpha value is -1.72. The van der Waals surface area contributed by atoms with Gasteiger partial charge in [-0.2, -0.15) is 5.10 Å². The van der Waals surface area contributed by atoms with Gasteiger partial charge in [-0.05, 0) is 38.5 Å². The molecule has 2 rings (SSSR count). The van der Waals surface area contributed by atoms with E-state index in [1.54, 1.807) is 0 Å². The molecule has 102 valence electrons. The number of nitrogens with one attached hydrogen (secondary N) is 1. The van der Waals surface area contributed by atoms with Gasteiger partial charge in [0.15, 0.2) is 0 Å². The van der Waals surface area contributed by atoms with Crippen LogP contribution in [0, 0.1) is 6.92 Å². The number of hydrogen-bond donors (Lipinski definition) is 2. The summed E-state index contributed by atoms with van der Waals surface area (Å²) >= 11 is 0. The zero-order valence-electron chi connectivity index (χ0n) is 11.7. The van der Waals surface area contributed by atoms with Crippen molar-refractivity contribution in [3.63, 3.8) is 0 Å². The van der Waals surface area contributed by atoms with E-state index in [1.807, 2.05) is 42.2 Å². The predicted molar refractivity (Wildman–Crippen MR) is 75.4 cm³/mol. The molecule has 0 aliphatic rings. The molecular formula is C14H21N5. The monoisotopic (exact) mass is 259 g/mol. The summed E-state index contributed by atoms with van der Waals surface area (Å²) in [5, 5.41) is 4.54. The number of nitrogens with two attached hydrogens (primary N) is 1. The molecule has 0 fully saturated rings. The molecule has 3 N–H and O–H groups in total. The van der Waals surface area contributed by atoms with Gasteiger partial charge in [0.1, 0.15) is 0 Å². The SMILES string of the molecule is Cc1ccc(C(Cc2ccn(C(C)C)n2)NN)cn1. The molecule has 0 saturated carbocycles. The van der Waals surface area contributed by atoms with Crippen LogP contribution in [0.15, 0.2) is 30.6 Å². The summed E-state index contributed by atoms with van der Waals surface area (Å²) < 4.78 is 1.95. The molecule has 2 aromatic heterocycles. The number of pyridine rings is 1. The lowest BCUT2D eigenvalue weighted by molar-refractivity contribution is 0.506. The van der Waals surface area contributed by atoms with Crippen LogP contribution in [0.5, 0.6) is 0 Å². The van der Waals surface area contributed by atoms with E-state index in [0.717, 1.165) is 23.4 Å². The molecule has 1 atom stereocenters. The third-order valence-electron chi connectivity index (χ3n) is 3.14. The molecular weight excluding hydrogens is 238 g/mol. The second-order valence-corrected chi connectivity index (χ2v) is 5.04. The Morgan fingerprint density at radius 1 is 1.32 bits per heavy atom. The van der Waals surface area contributed by atoms with Crippen molar-refractivity contribution in [3.05, 3.63) is 47.5 Å². The summed E-state index contributed by atoms with van der Waals surface area (Å²) in [7, 11) is 0. The summed E-state index contributed by atoms with van der Waals surface area (Å²) in [5.41, 5.74) is 5.94. The Labute approximate surface area is 113 Å². The molecule has 0 spiro atoms. The van der Waals surface area contributed by atoms with Crippen LogP contribution >= 0.6 is 0 Å². The fourth-order valence-electron chi connectivity index (χ4n) is 1.94. The zero-order chi connectivity index (χ0) is 13.8. The molecule has 0 amide bonds. The van der Waals surface area contributed by atoms with Crippen LogP contribution in [0.2, 0.25) is 0 Å². The number of aromatic nitrogens is 3. The van der Waals surface area contributed by atoms with Crippen LogP contribution in [0.3, 0.4) is 0 Å². The van der Waals surface area contributed by atoms with Crippen molar-refractivity contribution in [2.45, 2.75) is 39.3 Å². The zero-order valence-corrected chi connectivity index (χ0v) is 11.7. The van der Waals surface area contributed by atoms with Crippen LogP contribution in [0.1, 0.15) is 42.9 Å². The summed E-state index contributed by atoms with van der Waals surface area (Å²) in [5.74, 6) is 5.64. The summed E-state index contributed by atoms with van der Waals surface area (Å²) in [6, 6.07) is 6.48. The third kappa shape index (κ3) is 3.39. The van der Waals surface area contributed by atoms with E-state index >= 15 is 0 Å². The van der Waals surface area contributed by atoms with Crippen molar-refractivity contribution >= 4 is 0 Å². The van der Waals surface area contributed by atoms with Crippen molar-refractivity contribution in [1.82, 2.24) is 20.2 Å². The van der Waals surface area contributed by atoms with Gasteiger partial charge in [0.2, 0.25) is 0 Å². The van der Waals surface area contributed by atoms with Crippen LogP contribution in [0.4, 0.5) is 0 Å². The highest BCUT2D eigenvalue weighted by Crippen LogP contribution is 2.17. The van der Waals surface area contributed by atoms with Crippen molar-refractivity contribution in [2.75, 3.05) is 0 Å². The fraction of sp³-hybridized carbons (Fsp3) is 0.429. The molecule has 0 aliphatic heterocycles. The number of rotatable bonds is 5. The van der Waals surface area contributed by atoms with Crippen molar-refractivity contribution in [2.24, 2.45) is 5.84 Å². The lowest BCUT2D eigenvalue weighted by Gasteiger charge is -2.15. The molecule has 0 aliphatic carbocycles. The minimum absolute atomic E-state index is 0.0311. The fourth-order valence-corrected chi connectivity index (χ4v) is 1.94. The largest absolute Gasteiger partial charge is 0.271 e. The highest BCUT2D eigenvalue weighted by Gasteiger charge is 2.13. The van der Waals surface area contributed by atoms with Gasteiger partial charge < -0.3 is 0 Å². The number of nitrogens with zero attached hydrogens (tertiary/aromatic N) is 3. The minimum atomic E-state index is 0.0311. The first-order valence-corrected chi connectivity index (χ1v) is 6.53. The summed E-state index contributed by atoms with van der Waals surface area (Å²) in [6.07, 6.45) is 4.61. The van der Waals surface area contributed by atoms with Crippen molar-refractivity contribution < 1.29 is 0 Å². The standard InChI is InChI=1S/C14H21N5/c1-10(2)19-7-6-13(18-19)8-14(17-15)12-5-4-11(3)16-9-12/h4-7,9-10,14,17H,8,15H2,1-3H3. The summed E-state index contributed by atoms with van der Waals surface area (Å²) in [4.78, 5) is 4.30. The molecule has 2 aromatic rings. The van der Waals surface area contributed by atoms with E-state index in [9.17, 15) is 0 Å². The number of hydrogen-bond acceptors (Lipinski definition) is 4. The maximum absolute atomic E-state index is 5.64. The van der Waals surface area contributed by atoms with E-state index < -0.39 is 0 Å². The van der Waals surface area contributed by atoms with Gasteiger partial charge >= 0.3 is 0 Å². The molecule has 2 heterocycles. The van der Waals surface area contributed by atoms with Crippen molar-refractivity contribution in [3.8, 4) is 0 Å². The maximum atomic E-state index is 5.64. The first-order chi connectivity index (χ1) is 9.10. The first-order valence-electron chi connectivity index (χ1n) is 6.53. The van der Waals surface area contributed by atoms with Gasteiger partial charge in [-0.15, -0.1) is 0 Å². The van der Waals surface area contributed by atoms with E-state index in [0.29, 0.717) is 6.04 Å². The molecule has 0 saturated heterocycles. The van der Waals surface area contributed by atoms with Crippen LogP contribution in [0.25, 0.3) is 0 Å². The van der Waals surface area contributed by atoms with E-state index in [4.69, 9.17) is 5.84 Å². The maximum Gasteiger partial charge on any atom is 0.0644 e. The van der Waals surface area contributed by atoms with Gasteiger partial charge in [0.25, 0.3) is 0 Å². The van der Waals surface area contributed by atoms with E-state index in [1.165, 1.54) is 0 Å². The van der Waals surface area contributed by atoms with Crippen LogP contribution in [-0.2, 0) is 6.42 Å². The molecule has 5 heteroatoms. The quantitative estimate of drug-likeness (QED) is 0.636. The van der Waals surface area contributed by atoms with Gasteiger partial charge in [0, 0.05) is 30.6 Å². The topological polar surface area (TPSA) is 68.8 Å². The van der Waals surface area contributed by atoms with Gasteiger partial charge in [-0.1, -0.05) is 6.07 Å². The van der Waals surface area contributed by atoms with Gasteiger partial charge in [0.05, 0.1) is 11.7 Å². The highest BCUT2D eigenvalue weighted by molar-refractivity contribution is 5.19. The van der Waals surface area contributed by atoms with Gasteiger partial charge in [-0.25, -0.2) is 0 Å². The Kier molecular flexibility index (Phi) is 4.29. The molecule has 19 heavy (non-hydrogen) atoms. The normalized spacial score (nSPS) is 12.9. The Balaban J connectivity index is 2.12. The highest BCUT2D eigenvalue weighted by atomic mass is 15.3. The average Bonchev–Trinajstić information content (AvgIpc) is 2.86. The van der Waals surface area contributed by atoms with E-state index in [-0.39, 0.29) is 6.04 Å². The van der Waals surface area contributed by atoms with E-state index in [2.05, 4.69) is 29.4 Å². The van der Waals surface area contributed by atoms with Crippen LogP contribution < -0.4 is 11.3 Å². The molecule has 0 bridgehead atoms. The first kappa shape index (κ1) is 13.7. The second kappa shape index (κ2) is 5.95. The number of aryl methyl sites for hydroxylation is 1. The van der Waals surface area contributed by atoms with Crippen molar-refractivity contribution in [1.29, 1.82) is 0 Å². The van der Waals surface area contributed by atoms with Gasteiger partial charge in [-0.3, -0.25) is 20.9 Å². The molecule has 5 nitrogen and oxygen atoms in total.